The minimum atomic E-state index is -0.632. The summed E-state index contributed by atoms with van der Waals surface area (Å²) < 4.78 is 4.60. The van der Waals surface area contributed by atoms with E-state index in [9.17, 15) is 14.4 Å². The molecule has 0 spiro atoms. The third-order valence-corrected chi connectivity index (χ3v) is 2.51. The molecule has 1 rings (SSSR count). The molecule has 0 bridgehead atoms. The lowest BCUT2D eigenvalue weighted by atomic mass is 10.1. The van der Waals surface area contributed by atoms with E-state index in [0.29, 0.717) is 5.02 Å². The van der Waals surface area contributed by atoms with Gasteiger partial charge in [0.25, 0.3) is 5.91 Å². The summed E-state index contributed by atoms with van der Waals surface area (Å²) in [6, 6.07) is 6.77. The first-order valence-electron chi connectivity index (χ1n) is 6.19. The van der Waals surface area contributed by atoms with Gasteiger partial charge in [-0.05, 0) is 24.6 Å². The van der Waals surface area contributed by atoms with Crippen LogP contribution in [-0.4, -0.2) is 24.4 Å². The van der Waals surface area contributed by atoms with Crippen LogP contribution in [0.1, 0.15) is 12.5 Å². The number of hydrogen-bond acceptors (Lipinski definition) is 4. The largest absolute Gasteiger partial charge is 0.463 e. The Morgan fingerprint density at radius 1 is 1.14 bits per heavy atom. The minimum Gasteiger partial charge on any atom is -0.463 e. The number of benzene rings is 1. The van der Waals surface area contributed by atoms with Crippen LogP contribution in [0.25, 0.3) is 0 Å². The van der Waals surface area contributed by atoms with Gasteiger partial charge in [0.2, 0.25) is 5.91 Å². The molecule has 2 N–H and O–H groups in total. The van der Waals surface area contributed by atoms with Crippen molar-refractivity contribution in [3.8, 4) is 0 Å². The SMILES string of the molecule is CCOC(=O)/C=C/C(=O)NNC(=O)Cc1ccc(Cl)cc1. The van der Waals surface area contributed by atoms with Crippen molar-refractivity contribution in [2.24, 2.45) is 0 Å². The lowest BCUT2D eigenvalue weighted by Gasteiger charge is -2.05. The molecule has 7 heteroatoms. The number of hydrazine groups is 1. The smallest absolute Gasteiger partial charge is 0.330 e. The molecular weight excluding hydrogens is 296 g/mol. The molecule has 1 aromatic rings. The van der Waals surface area contributed by atoms with Gasteiger partial charge >= 0.3 is 5.97 Å². The van der Waals surface area contributed by atoms with Gasteiger partial charge in [-0.3, -0.25) is 20.4 Å². The number of nitrogens with one attached hydrogen (secondary N) is 2. The van der Waals surface area contributed by atoms with Crippen LogP contribution >= 0.6 is 11.6 Å². The number of ether oxygens (including phenoxy) is 1. The van der Waals surface area contributed by atoms with Gasteiger partial charge in [-0.1, -0.05) is 23.7 Å². The van der Waals surface area contributed by atoms with E-state index in [4.69, 9.17) is 11.6 Å². The third-order valence-electron chi connectivity index (χ3n) is 2.26. The first kappa shape index (κ1) is 16.7. The summed E-state index contributed by atoms with van der Waals surface area (Å²) in [4.78, 5) is 33.9. The van der Waals surface area contributed by atoms with Gasteiger partial charge < -0.3 is 4.74 Å². The summed E-state index contributed by atoms with van der Waals surface area (Å²) in [5, 5.41) is 0.580. The molecule has 21 heavy (non-hydrogen) atoms. The van der Waals surface area contributed by atoms with Crippen molar-refractivity contribution < 1.29 is 19.1 Å². The second-order valence-corrected chi connectivity index (χ2v) is 4.36. The normalized spacial score (nSPS) is 10.2. The molecule has 1 aromatic carbocycles. The fourth-order valence-corrected chi connectivity index (χ4v) is 1.46. The number of rotatable bonds is 5. The Bertz CT molecular complexity index is 540. The maximum atomic E-state index is 11.6. The van der Waals surface area contributed by atoms with Crippen molar-refractivity contribution in [2.45, 2.75) is 13.3 Å². The molecule has 0 aliphatic carbocycles. The quantitative estimate of drug-likeness (QED) is 0.485. The van der Waals surface area contributed by atoms with Crippen LogP contribution < -0.4 is 10.9 Å². The van der Waals surface area contributed by atoms with Gasteiger partial charge in [0, 0.05) is 17.2 Å². The number of amides is 2. The molecule has 6 nitrogen and oxygen atoms in total. The topological polar surface area (TPSA) is 84.5 Å². The molecule has 0 heterocycles. The van der Waals surface area contributed by atoms with E-state index in [-0.39, 0.29) is 13.0 Å². The third kappa shape index (κ3) is 7.12. The number of carbonyl (C=O) groups is 3. The van der Waals surface area contributed by atoms with Crippen molar-refractivity contribution >= 4 is 29.4 Å². The Hall–Kier alpha value is -2.34. The zero-order chi connectivity index (χ0) is 15.7. The molecule has 0 unspecified atom stereocenters. The second-order valence-electron chi connectivity index (χ2n) is 3.93. The van der Waals surface area contributed by atoms with Crippen LogP contribution in [0.3, 0.4) is 0 Å². The molecule has 0 saturated carbocycles. The van der Waals surface area contributed by atoms with Crippen molar-refractivity contribution in [1.29, 1.82) is 0 Å². The van der Waals surface area contributed by atoms with Crippen LogP contribution in [-0.2, 0) is 25.5 Å². The number of esters is 1. The predicted octanol–water partition coefficient (Wildman–Crippen LogP) is 1.15. The fourth-order valence-electron chi connectivity index (χ4n) is 1.34. The molecular formula is C14H15ClN2O4. The van der Waals surface area contributed by atoms with Crippen LogP contribution in [0.2, 0.25) is 5.02 Å². The summed E-state index contributed by atoms with van der Waals surface area (Å²) in [5.41, 5.74) is 5.14. The molecule has 112 valence electrons. The first-order chi connectivity index (χ1) is 10.0. The molecule has 0 saturated heterocycles. The van der Waals surface area contributed by atoms with Crippen LogP contribution in [0.4, 0.5) is 0 Å². The van der Waals surface area contributed by atoms with Crippen molar-refractivity contribution in [1.82, 2.24) is 10.9 Å². The molecule has 0 atom stereocenters. The van der Waals surface area contributed by atoms with E-state index >= 15 is 0 Å². The Morgan fingerprint density at radius 2 is 1.81 bits per heavy atom. The highest BCUT2D eigenvalue weighted by molar-refractivity contribution is 6.30. The highest BCUT2D eigenvalue weighted by Crippen LogP contribution is 2.09. The number of carbonyl (C=O) groups excluding carboxylic acids is 3. The summed E-state index contributed by atoms with van der Waals surface area (Å²) in [7, 11) is 0. The summed E-state index contributed by atoms with van der Waals surface area (Å²) in [5.74, 6) is -1.65. The van der Waals surface area contributed by atoms with Crippen LogP contribution in [0.15, 0.2) is 36.4 Å². The van der Waals surface area contributed by atoms with E-state index < -0.39 is 17.8 Å². The molecule has 0 aliphatic rings. The second kappa shape index (κ2) is 8.76. The average Bonchev–Trinajstić information content (AvgIpc) is 2.46. The lowest BCUT2D eigenvalue weighted by Crippen LogP contribution is -2.41. The molecule has 2 amide bonds. The summed E-state index contributed by atoms with van der Waals surface area (Å²) >= 11 is 5.73. The van der Waals surface area contributed by atoms with E-state index in [1.54, 1.807) is 31.2 Å². The van der Waals surface area contributed by atoms with Crippen molar-refractivity contribution in [3.63, 3.8) is 0 Å². The standard InChI is InChI=1S/C14H15ClN2O4/c1-2-21-14(20)8-7-12(18)16-17-13(19)9-10-3-5-11(15)6-4-10/h3-8H,2,9H2,1H3,(H,16,18)(H,17,19)/b8-7+. The van der Waals surface area contributed by atoms with Gasteiger partial charge in [0.15, 0.2) is 0 Å². The first-order valence-corrected chi connectivity index (χ1v) is 6.57. The monoisotopic (exact) mass is 310 g/mol. The van der Waals surface area contributed by atoms with E-state index in [1.165, 1.54) is 0 Å². The fraction of sp³-hybridized carbons (Fsp3) is 0.214. The van der Waals surface area contributed by atoms with E-state index in [0.717, 1.165) is 17.7 Å². The average molecular weight is 311 g/mol. The van der Waals surface area contributed by atoms with Crippen LogP contribution in [0.5, 0.6) is 0 Å². The molecule has 0 radical (unpaired) electrons. The maximum absolute atomic E-state index is 11.6. The summed E-state index contributed by atoms with van der Waals surface area (Å²) in [6.45, 7) is 1.88. The minimum absolute atomic E-state index is 0.0963. The number of halogens is 1. The van der Waals surface area contributed by atoms with Gasteiger partial charge in [0.1, 0.15) is 0 Å². The Morgan fingerprint density at radius 3 is 2.43 bits per heavy atom. The molecule has 0 aliphatic heterocycles. The summed E-state index contributed by atoms with van der Waals surface area (Å²) in [6.07, 6.45) is 2.05. The van der Waals surface area contributed by atoms with Crippen LogP contribution in [0, 0.1) is 0 Å². The van der Waals surface area contributed by atoms with Gasteiger partial charge in [-0.2, -0.15) is 0 Å². The highest BCUT2D eigenvalue weighted by Gasteiger charge is 2.04. The highest BCUT2D eigenvalue weighted by atomic mass is 35.5. The Balaban J connectivity index is 2.34. The maximum Gasteiger partial charge on any atom is 0.330 e. The van der Waals surface area contributed by atoms with Gasteiger partial charge in [0.05, 0.1) is 13.0 Å². The van der Waals surface area contributed by atoms with E-state index in [2.05, 4.69) is 15.6 Å². The Labute approximate surface area is 127 Å². The van der Waals surface area contributed by atoms with Gasteiger partial charge in [-0.15, -0.1) is 0 Å². The number of hydrogen-bond donors (Lipinski definition) is 2. The van der Waals surface area contributed by atoms with Crippen molar-refractivity contribution in [3.05, 3.63) is 47.0 Å². The van der Waals surface area contributed by atoms with E-state index in [1.807, 2.05) is 0 Å². The molecule has 0 fully saturated rings. The zero-order valence-corrected chi connectivity index (χ0v) is 12.1. The molecule has 0 aromatic heterocycles. The predicted molar refractivity (Wildman–Crippen MR) is 77.2 cm³/mol. The van der Waals surface area contributed by atoms with Gasteiger partial charge in [-0.25, -0.2) is 4.79 Å². The lowest BCUT2D eigenvalue weighted by molar-refractivity contribution is -0.137. The Kier molecular flexibility index (Phi) is 6.97. The van der Waals surface area contributed by atoms with Crippen molar-refractivity contribution in [2.75, 3.05) is 6.61 Å². The zero-order valence-electron chi connectivity index (χ0n) is 11.4.